The zero-order chi connectivity index (χ0) is 66.1. The van der Waals surface area contributed by atoms with Crippen molar-refractivity contribution in [2.24, 2.45) is 11.8 Å². The summed E-state index contributed by atoms with van der Waals surface area (Å²) in [5.74, 6) is -3.77. The highest BCUT2D eigenvalue weighted by molar-refractivity contribution is 5.92. The zero-order valence-electron chi connectivity index (χ0n) is 57.2. The molecule has 0 aliphatic heterocycles. The van der Waals surface area contributed by atoms with Gasteiger partial charge in [0.15, 0.2) is 5.69 Å². The predicted octanol–water partition coefficient (Wildman–Crippen LogP) is 17.3. The van der Waals surface area contributed by atoms with Crippen molar-refractivity contribution < 1.29 is 36.2 Å². The van der Waals surface area contributed by atoms with Gasteiger partial charge in [0, 0.05) is 34.3 Å². The van der Waals surface area contributed by atoms with Gasteiger partial charge in [-0.05, 0) is 128 Å². The summed E-state index contributed by atoms with van der Waals surface area (Å²) in [4.78, 5) is 6.42. The van der Waals surface area contributed by atoms with E-state index in [9.17, 15) is 10.7 Å². The molecular formula is C66H42F2N4. The maximum Gasteiger partial charge on any atom is 0.187 e. The van der Waals surface area contributed by atoms with Crippen LogP contribution in [0.15, 0.2) is 276 Å². The lowest BCUT2D eigenvalue weighted by molar-refractivity contribution is 0.550. The van der Waals surface area contributed by atoms with Gasteiger partial charge in [0.25, 0.3) is 0 Å². The molecule has 4 aliphatic rings. The molecule has 72 heavy (non-hydrogen) atoms. The smallest absolute Gasteiger partial charge is 0.187 e. The Kier molecular flexibility index (Phi) is 6.88. The van der Waals surface area contributed by atoms with Crippen LogP contribution in [0.3, 0.4) is 0 Å². The van der Waals surface area contributed by atoms with Gasteiger partial charge in [-0.1, -0.05) is 169 Å². The molecule has 340 valence electrons. The van der Waals surface area contributed by atoms with E-state index >= 15 is 8.78 Å². The van der Waals surface area contributed by atoms with Crippen LogP contribution in [0.4, 0.5) is 37.2 Å². The lowest BCUT2D eigenvalue weighted by Gasteiger charge is -2.45. The van der Waals surface area contributed by atoms with Gasteiger partial charge in [0.1, 0.15) is 11.6 Å². The van der Waals surface area contributed by atoms with E-state index < -0.39 is 178 Å². The van der Waals surface area contributed by atoms with Crippen LogP contribution in [0.25, 0.3) is 49.4 Å². The van der Waals surface area contributed by atoms with Crippen LogP contribution < -0.4 is 9.80 Å². The fraction of sp³-hybridized carbons (Fsp3) is 0.0303. The molecule has 6 heteroatoms. The molecular weight excluding hydrogens is 887 g/mol. The molecule has 0 saturated carbocycles. The molecule has 0 heterocycles. The minimum atomic E-state index is -1.15. The molecule has 2 atom stereocenters. The molecule has 8 aromatic carbocycles. The summed E-state index contributed by atoms with van der Waals surface area (Å²) >= 11 is 0. The van der Waals surface area contributed by atoms with Crippen molar-refractivity contribution >= 4 is 28.4 Å². The van der Waals surface area contributed by atoms with Crippen molar-refractivity contribution in [3.63, 3.8) is 0 Å². The average Bonchev–Trinajstić information content (AvgIpc) is 0.720. The molecule has 0 bridgehead atoms. The number of nitriles is 1. The first-order valence-corrected chi connectivity index (χ1v) is 22.2. The normalized spacial score (nSPS) is 19.9. The van der Waals surface area contributed by atoms with Crippen molar-refractivity contribution in [2.45, 2.75) is 0 Å². The molecule has 0 radical (unpaired) electrons. The predicted molar refractivity (Wildman–Crippen MR) is 287 cm³/mol. The quantitative estimate of drug-likeness (QED) is 0.128. The first-order valence-electron chi connectivity index (χ1n) is 32.2. The van der Waals surface area contributed by atoms with Gasteiger partial charge in [-0.2, -0.15) is 5.26 Å². The van der Waals surface area contributed by atoms with Gasteiger partial charge in [-0.15, -0.1) is 0 Å². The highest BCUT2D eigenvalue weighted by Crippen LogP contribution is 2.56. The van der Waals surface area contributed by atoms with Gasteiger partial charge in [0.05, 0.1) is 68.4 Å². The minimum Gasteiger partial charge on any atom is -0.307 e. The fourth-order valence-electron chi connectivity index (χ4n) is 9.67. The Bertz CT molecular complexity index is 4880. The second-order valence-electron chi connectivity index (χ2n) is 16.6. The fourth-order valence-corrected chi connectivity index (χ4v) is 9.67. The van der Waals surface area contributed by atoms with Gasteiger partial charge in [-0.3, -0.25) is 0 Å². The van der Waals surface area contributed by atoms with E-state index in [0.717, 1.165) is 12.1 Å². The van der Waals surface area contributed by atoms with E-state index in [-0.39, 0.29) is 56.3 Å². The number of hydrogen-bond donors (Lipinski definition) is 0. The van der Waals surface area contributed by atoms with Crippen molar-refractivity contribution in [1.29, 1.82) is 5.26 Å². The van der Waals surface area contributed by atoms with Crippen LogP contribution in [0.1, 0.15) is 33.0 Å². The van der Waals surface area contributed by atoms with E-state index in [1.807, 2.05) is 0 Å². The van der Waals surface area contributed by atoms with E-state index in [0.29, 0.717) is 22.3 Å². The molecule has 0 amide bonds. The summed E-state index contributed by atoms with van der Waals surface area (Å²) in [6.45, 7) is 7.80. The van der Waals surface area contributed by atoms with Crippen molar-refractivity contribution in [2.75, 3.05) is 9.80 Å². The maximum absolute atomic E-state index is 18.4. The number of benzene rings is 8. The molecule has 0 saturated heterocycles. The molecule has 0 aromatic heterocycles. The van der Waals surface area contributed by atoms with E-state index in [4.69, 9.17) is 28.5 Å². The van der Waals surface area contributed by atoms with Gasteiger partial charge in [-0.25, -0.2) is 13.6 Å². The zero-order valence-corrected chi connectivity index (χ0v) is 37.2. The summed E-state index contributed by atoms with van der Waals surface area (Å²) in [7, 11) is 0. The number of rotatable bonds is 10. The summed E-state index contributed by atoms with van der Waals surface area (Å²) in [5, 5.41) is 10.0. The van der Waals surface area contributed by atoms with Gasteiger partial charge < -0.3 is 9.80 Å². The van der Waals surface area contributed by atoms with Crippen LogP contribution in [-0.2, 0) is 0 Å². The molecule has 0 fully saturated rings. The third kappa shape index (κ3) is 7.69. The molecule has 2 unspecified atom stereocenters. The Morgan fingerprint density at radius 3 is 1.51 bits per heavy atom. The second-order valence-corrected chi connectivity index (χ2v) is 16.6. The Morgan fingerprint density at radius 2 is 0.972 bits per heavy atom. The average molecular weight is 949 g/mol. The number of allylic oxidation sites excluding steroid dienone is 12. The van der Waals surface area contributed by atoms with Crippen LogP contribution in [-0.4, -0.2) is 0 Å². The largest absolute Gasteiger partial charge is 0.307 e. The number of hydrogen-bond acceptors (Lipinski definition) is 3. The highest BCUT2D eigenvalue weighted by Gasteiger charge is 2.43. The van der Waals surface area contributed by atoms with Gasteiger partial charge >= 0.3 is 0 Å². The Morgan fingerprint density at radius 1 is 0.500 bits per heavy atom. The van der Waals surface area contributed by atoms with E-state index in [1.165, 1.54) is 70.5 Å². The summed E-state index contributed by atoms with van der Waals surface area (Å²) in [6.07, 6.45) is 14.1. The Hall–Kier alpha value is -9.62. The van der Waals surface area contributed by atoms with Crippen LogP contribution >= 0.6 is 0 Å². The maximum atomic E-state index is 18.4. The highest BCUT2D eigenvalue weighted by atomic mass is 19.1. The van der Waals surface area contributed by atoms with Crippen molar-refractivity contribution in [3.05, 3.63) is 305 Å². The molecule has 4 aliphatic carbocycles. The van der Waals surface area contributed by atoms with E-state index in [2.05, 4.69) is 10.9 Å². The topological polar surface area (TPSA) is 34.6 Å². The summed E-state index contributed by atoms with van der Waals surface area (Å²) in [5.41, 5.74) is -0.539. The first-order chi connectivity index (χ1) is 43.7. The molecule has 0 spiro atoms. The number of anilines is 4. The summed E-state index contributed by atoms with van der Waals surface area (Å²) < 4.78 is 212. The number of nitrogens with zero attached hydrogens (tertiary/aromatic N) is 4. The van der Waals surface area contributed by atoms with E-state index in [1.54, 1.807) is 48.6 Å². The lowest BCUT2D eigenvalue weighted by Crippen LogP contribution is -2.35. The van der Waals surface area contributed by atoms with Crippen LogP contribution in [0.5, 0.6) is 0 Å². The van der Waals surface area contributed by atoms with Crippen molar-refractivity contribution in [3.8, 4) is 50.6 Å². The Balaban J connectivity index is 1.11. The van der Waals surface area contributed by atoms with Crippen LogP contribution in [0, 0.1) is 41.4 Å². The molecule has 8 aromatic rings. The Labute approximate surface area is 445 Å². The standard InChI is InChI=1S/C66H42F2N4/c1-70-52-28-32-54(33-29-52)72(66-58(47-20-12-5-13-21-47)39-51(41-60(66)68)45-16-8-3-9-17-45)62-37-27-49-24-34-55-61(36-26-48-25-35-56(62)64(49)63(48)55)71(53-30-22-43(42-69)23-31-53)65-57(46-18-10-4-11-19-46)38-50(40-59(65)67)44-14-6-2-7-15-44/h2-41,63-64H/i2D,3D,4D,5D,6D,7D,8D,9D,10D,11D,12D,13D,14D,15D,16D,17D,18D,19D,20D,21D. The number of halogens is 2. The molecule has 0 N–H and O–H groups in total. The van der Waals surface area contributed by atoms with Crippen LogP contribution in [0.2, 0.25) is 0 Å². The van der Waals surface area contributed by atoms with Gasteiger partial charge in [0.2, 0.25) is 0 Å². The monoisotopic (exact) mass is 948 g/mol. The van der Waals surface area contributed by atoms with Crippen molar-refractivity contribution in [1.82, 2.24) is 0 Å². The molecule has 4 nitrogen and oxygen atoms in total. The molecule has 12 rings (SSSR count). The summed E-state index contributed by atoms with van der Waals surface area (Å²) in [6, 6.07) is 3.12. The first kappa shape index (κ1) is 27.0. The third-order valence-electron chi connectivity index (χ3n) is 12.8. The second kappa shape index (κ2) is 18.4. The minimum absolute atomic E-state index is 0.175. The third-order valence-corrected chi connectivity index (χ3v) is 12.8. The SMILES string of the molecule is [2H]c1c([2H])c([2H])c(-c2cc(F)c(N(C3=CC=C4C=CC5=C(N(c6ccc(C#N)cc6)c6c(F)cc(-c7c([2H])c([2H])c([2H])c([2H])c7[2H])cc6-c6c([2H])c([2H])c([2H])c([2H])c6[2H])C=CC6=CC=C3C4C65)c3ccc([N+]#[C-])cc3)c(-c3c([2H])c([2H])c([2H])c([2H])c3[2H])c2)c([2H])c1[2H]. The lowest BCUT2D eigenvalue weighted by atomic mass is 9.63.